The minimum Gasteiger partial charge on any atom is -0.329 e. The molecule has 1 atom stereocenters. The fourth-order valence-corrected chi connectivity index (χ4v) is 2.77. The summed E-state index contributed by atoms with van der Waals surface area (Å²) in [7, 11) is 2.00. The molecule has 0 aliphatic heterocycles. The number of benzene rings is 1. The van der Waals surface area contributed by atoms with Crippen molar-refractivity contribution in [1.29, 1.82) is 0 Å². The third kappa shape index (κ3) is 2.58. The van der Waals surface area contributed by atoms with Gasteiger partial charge in [-0.05, 0) is 26.0 Å². The van der Waals surface area contributed by atoms with E-state index in [1.54, 1.807) is 0 Å². The minimum atomic E-state index is 0.0351. The van der Waals surface area contributed by atoms with Gasteiger partial charge in [0.25, 0.3) is 0 Å². The molecular formula is C16H26N4. The van der Waals surface area contributed by atoms with Crippen molar-refractivity contribution in [3.05, 3.63) is 30.0 Å². The highest BCUT2D eigenvalue weighted by atomic mass is 15.3. The summed E-state index contributed by atoms with van der Waals surface area (Å²) < 4.78 is 1.96. The summed E-state index contributed by atoms with van der Waals surface area (Å²) in [5.74, 6) is 0. The van der Waals surface area contributed by atoms with Crippen molar-refractivity contribution in [3.63, 3.8) is 0 Å². The van der Waals surface area contributed by atoms with Gasteiger partial charge in [-0.2, -0.15) is 5.10 Å². The molecule has 0 saturated heterocycles. The first-order valence-corrected chi connectivity index (χ1v) is 7.41. The summed E-state index contributed by atoms with van der Waals surface area (Å²) in [4.78, 5) is 2.43. The molecule has 0 bridgehead atoms. The largest absolute Gasteiger partial charge is 0.329 e. The first kappa shape index (κ1) is 15.0. The van der Waals surface area contributed by atoms with Gasteiger partial charge in [-0.1, -0.05) is 32.0 Å². The molecule has 4 heteroatoms. The Balaban J connectivity index is 2.35. The zero-order valence-corrected chi connectivity index (χ0v) is 13.1. The lowest BCUT2D eigenvalue weighted by Gasteiger charge is -2.39. The molecule has 0 saturated carbocycles. The Bertz CT molecular complexity index is 569. The van der Waals surface area contributed by atoms with Crippen LogP contribution in [0.1, 0.15) is 32.9 Å². The molecule has 2 N–H and O–H groups in total. The summed E-state index contributed by atoms with van der Waals surface area (Å²) in [6.07, 6.45) is 1.04. The van der Waals surface area contributed by atoms with Crippen LogP contribution in [0.15, 0.2) is 24.3 Å². The van der Waals surface area contributed by atoms with E-state index in [1.165, 1.54) is 10.9 Å². The highest BCUT2D eigenvalue weighted by molar-refractivity contribution is 5.81. The number of aryl methyl sites for hydroxylation is 1. The van der Waals surface area contributed by atoms with E-state index in [-0.39, 0.29) is 5.54 Å². The highest BCUT2D eigenvalue weighted by Crippen LogP contribution is 2.24. The van der Waals surface area contributed by atoms with Crippen LogP contribution in [0.4, 0.5) is 0 Å². The normalized spacial score (nSPS) is 14.9. The van der Waals surface area contributed by atoms with Crippen LogP contribution in [0.3, 0.4) is 0 Å². The Morgan fingerprint density at radius 3 is 2.60 bits per heavy atom. The SMILES string of the molecule is CCN(Cc1nn(C)c2ccccc12)C(C)(CC)CN. The molecule has 0 aliphatic rings. The molecule has 110 valence electrons. The van der Waals surface area contributed by atoms with Crippen molar-refractivity contribution in [3.8, 4) is 0 Å². The number of fused-ring (bicyclic) bond motifs is 1. The zero-order chi connectivity index (χ0) is 14.8. The van der Waals surface area contributed by atoms with Gasteiger partial charge in [0.1, 0.15) is 0 Å². The van der Waals surface area contributed by atoms with Crippen LogP contribution in [0, 0.1) is 0 Å². The topological polar surface area (TPSA) is 47.1 Å². The minimum absolute atomic E-state index is 0.0351. The van der Waals surface area contributed by atoms with Gasteiger partial charge in [-0.25, -0.2) is 0 Å². The van der Waals surface area contributed by atoms with Crippen molar-refractivity contribution in [2.75, 3.05) is 13.1 Å². The summed E-state index contributed by atoms with van der Waals surface area (Å²) in [5, 5.41) is 5.93. The summed E-state index contributed by atoms with van der Waals surface area (Å²) in [6.45, 7) is 9.12. The van der Waals surface area contributed by atoms with Gasteiger partial charge in [-0.3, -0.25) is 9.58 Å². The fraction of sp³-hybridized carbons (Fsp3) is 0.562. The second-order valence-electron chi connectivity index (χ2n) is 5.66. The van der Waals surface area contributed by atoms with Gasteiger partial charge in [-0.15, -0.1) is 0 Å². The molecule has 0 radical (unpaired) electrons. The molecule has 1 unspecified atom stereocenters. The molecule has 20 heavy (non-hydrogen) atoms. The third-order valence-electron chi connectivity index (χ3n) is 4.52. The Morgan fingerprint density at radius 2 is 2.00 bits per heavy atom. The lowest BCUT2D eigenvalue weighted by atomic mass is 9.96. The van der Waals surface area contributed by atoms with Crippen LogP contribution in [0.5, 0.6) is 0 Å². The number of aromatic nitrogens is 2. The summed E-state index contributed by atoms with van der Waals surface area (Å²) >= 11 is 0. The molecule has 0 aliphatic carbocycles. The van der Waals surface area contributed by atoms with E-state index in [2.05, 4.69) is 49.9 Å². The van der Waals surface area contributed by atoms with Crippen molar-refractivity contribution in [1.82, 2.24) is 14.7 Å². The molecular weight excluding hydrogens is 248 g/mol. The van der Waals surface area contributed by atoms with Gasteiger partial charge in [0, 0.05) is 31.1 Å². The van der Waals surface area contributed by atoms with Crippen molar-refractivity contribution >= 4 is 10.9 Å². The number of likely N-dealkylation sites (N-methyl/N-ethyl adjacent to an activating group) is 1. The van der Waals surface area contributed by atoms with Crippen LogP contribution in [0.25, 0.3) is 10.9 Å². The number of hydrogen-bond donors (Lipinski definition) is 1. The Morgan fingerprint density at radius 1 is 1.30 bits per heavy atom. The second kappa shape index (κ2) is 5.94. The molecule has 2 rings (SSSR count). The molecule has 0 spiro atoms. The molecule has 2 aromatic rings. The quantitative estimate of drug-likeness (QED) is 0.880. The van der Waals surface area contributed by atoms with Gasteiger partial charge in [0.05, 0.1) is 11.2 Å². The maximum Gasteiger partial charge on any atom is 0.0843 e. The van der Waals surface area contributed by atoms with Crippen molar-refractivity contribution in [2.45, 2.75) is 39.3 Å². The maximum absolute atomic E-state index is 6.00. The van der Waals surface area contributed by atoms with Crippen molar-refractivity contribution < 1.29 is 0 Å². The van der Waals surface area contributed by atoms with E-state index in [4.69, 9.17) is 10.8 Å². The maximum atomic E-state index is 6.00. The molecule has 0 amide bonds. The summed E-state index contributed by atoms with van der Waals surface area (Å²) in [6, 6.07) is 8.40. The van der Waals surface area contributed by atoms with Crippen molar-refractivity contribution in [2.24, 2.45) is 12.8 Å². The van der Waals surface area contributed by atoms with E-state index < -0.39 is 0 Å². The number of hydrogen-bond acceptors (Lipinski definition) is 3. The first-order valence-electron chi connectivity index (χ1n) is 7.41. The molecule has 1 aromatic carbocycles. The standard InChI is InChI=1S/C16H26N4/c1-5-16(3,12-17)20(6-2)11-14-13-9-7-8-10-15(13)19(4)18-14/h7-10H,5-6,11-12,17H2,1-4H3. The molecule has 0 fully saturated rings. The van der Waals surface area contributed by atoms with Crippen LogP contribution in [0.2, 0.25) is 0 Å². The van der Waals surface area contributed by atoms with Crippen LogP contribution >= 0.6 is 0 Å². The number of rotatable bonds is 6. The van der Waals surface area contributed by atoms with E-state index in [0.29, 0.717) is 6.54 Å². The highest BCUT2D eigenvalue weighted by Gasteiger charge is 2.28. The number of nitrogens with two attached hydrogens (primary N) is 1. The Kier molecular flexibility index (Phi) is 4.45. The molecule has 1 heterocycles. The third-order valence-corrected chi connectivity index (χ3v) is 4.52. The van der Waals surface area contributed by atoms with E-state index >= 15 is 0 Å². The second-order valence-corrected chi connectivity index (χ2v) is 5.66. The number of nitrogens with zero attached hydrogens (tertiary/aromatic N) is 3. The number of para-hydroxylation sites is 1. The fourth-order valence-electron chi connectivity index (χ4n) is 2.77. The monoisotopic (exact) mass is 274 g/mol. The smallest absolute Gasteiger partial charge is 0.0843 e. The van der Waals surface area contributed by atoms with E-state index in [1.807, 2.05) is 11.7 Å². The molecule has 4 nitrogen and oxygen atoms in total. The Labute approximate surface area is 121 Å². The average molecular weight is 274 g/mol. The van der Waals surface area contributed by atoms with E-state index in [0.717, 1.165) is 25.2 Å². The van der Waals surface area contributed by atoms with E-state index in [9.17, 15) is 0 Å². The Hall–Kier alpha value is -1.39. The lowest BCUT2D eigenvalue weighted by Crippen LogP contribution is -2.50. The van der Waals surface area contributed by atoms with Gasteiger partial charge in [0.2, 0.25) is 0 Å². The van der Waals surface area contributed by atoms with Crippen LogP contribution in [-0.2, 0) is 13.6 Å². The first-order chi connectivity index (χ1) is 9.55. The van der Waals surface area contributed by atoms with Gasteiger partial charge < -0.3 is 5.73 Å². The zero-order valence-electron chi connectivity index (χ0n) is 13.1. The van der Waals surface area contributed by atoms with Gasteiger partial charge >= 0.3 is 0 Å². The lowest BCUT2D eigenvalue weighted by molar-refractivity contribution is 0.103. The molecule has 1 aromatic heterocycles. The van der Waals surface area contributed by atoms with Crippen LogP contribution in [-0.4, -0.2) is 33.3 Å². The predicted molar refractivity (Wildman–Crippen MR) is 84.5 cm³/mol. The van der Waals surface area contributed by atoms with Gasteiger partial charge in [0.15, 0.2) is 0 Å². The average Bonchev–Trinajstić information content (AvgIpc) is 2.81. The van der Waals surface area contributed by atoms with Crippen LogP contribution < -0.4 is 5.73 Å². The summed E-state index contributed by atoms with van der Waals surface area (Å²) in [5.41, 5.74) is 8.36. The predicted octanol–water partition coefficient (Wildman–Crippen LogP) is 2.52.